The van der Waals surface area contributed by atoms with Crippen LogP contribution >= 0.6 is 0 Å². The molecule has 3 rings (SSSR count). The lowest BCUT2D eigenvalue weighted by Gasteiger charge is -2.28. The summed E-state index contributed by atoms with van der Waals surface area (Å²) in [6, 6.07) is 6.79. The molecular weight excluding hydrogens is 248 g/mol. The number of aryl methyl sites for hydroxylation is 1. The Bertz CT molecular complexity index is 466. The summed E-state index contributed by atoms with van der Waals surface area (Å²) in [5, 5.41) is 13.8. The molecular formula is C17H26N2O. The van der Waals surface area contributed by atoms with E-state index in [9.17, 15) is 5.11 Å². The number of rotatable bonds is 4. The van der Waals surface area contributed by atoms with E-state index < -0.39 is 5.60 Å². The summed E-state index contributed by atoms with van der Waals surface area (Å²) in [4.78, 5) is 2.34. The standard InChI is InChI=1S/C17H26N2O/c1-19-10-4-5-15-11-14(6-7-16(15)19)12-18-13-17(20)8-2-3-9-17/h6-7,11,18,20H,2-5,8-10,12-13H2,1H3. The van der Waals surface area contributed by atoms with Crippen LogP contribution in [0.3, 0.4) is 0 Å². The van der Waals surface area contributed by atoms with Crippen molar-refractivity contribution in [3.63, 3.8) is 0 Å². The van der Waals surface area contributed by atoms with Crippen molar-refractivity contribution in [1.29, 1.82) is 0 Å². The molecule has 1 aromatic rings. The molecule has 1 aliphatic heterocycles. The van der Waals surface area contributed by atoms with Gasteiger partial charge in [-0.25, -0.2) is 0 Å². The third-order valence-electron chi connectivity index (χ3n) is 4.81. The fraction of sp³-hybridized carbons (Fsp3) is 0.647. The topological polar surface area (TPSA) is 35.5 Å². The van der Waals surface area contributed by atoms with Gasteiger partial charge in [0.2, 0.25) is 0 Å². The lowest BCUT2D eigenvalue weighted by atomic mass is 9.99. The lowest BCUT2D eigenvalue weighted by Crippen LogP contribution is -2.37. The Labute approximate surface area is 122 Å². The summed E-state index contributed by atoms with van der Waals surface area (Å²) in [5.41, 5.74) is 3.74. The van der Waals surface area contributed by atoms with Crippen molar-refractivity contribution in [3.8, 4) is 0 Å². The first-order chi connectivity index (χ1) is 9.66. The van der Waals surface area contributed by atoms with Crippen LogP contribution in [0.5, 0.6) is 0 Å². The van der Waals surface area contributed by atoms with Crippen molar-refractivity contribution in [1.82, 2.24) is 5.32 Å². The molecule has 0 atom stereocenters. The van der Waals surface area contributed by atoms with Gasteiger partial charge in [0.05, 0.1) is 5.60 Å². The number of benzene rings is 1. The van der Waals surface area contributed by atoms with Gasteiger partial charge in [0.15, 0.2) is 0 Å². The highest BCUT2D eigenvalue weighted by atomic mass is 16.3. The molecule has 2 aliphatic rings. The maximum atomic E-state index is 10.3. The number of aliphatic hydroxyl groups is 1. The summed E-state index contributed by atoms with van der Waals surface area (Å²) >= 11 is 0. The van der Waals surface area contributed by atoms with Crippen LogP contribution in [0.15, 0.2) is 18.2 Å². The molecule has 1 heterocycles. The van der Waals surface area contributed by atoms with Gasteiger partial charge in [-0.15, -0.1) is 0 Å². The Morgan fingerprint density at radius 3 is 2.85 bits per heavy atom. The Kier molecular flexibility index (Phi) is 3.99. The molecule has 0 unspecified atom stereocenters. The van der Waals surface area contributed by atoms with Gasteiger partial charge in [0, 0.05) is 32.4 Å². The Hall–Kier alpha value is -1.06. The molecule has 1 aromatic carbocycles. The Balaban J connectivity index is 1.58. The Morgan fingerprint density at radius 2 is 2.05 bits per heavy atom. The molecule has 20 heavy (non-hydrogen) atoms. The summed E-state index contributed by atoms with van der Waals surface area (Å²) in [5.74, 6) is 0. The fourth-order valence-electron chi connectivity index (χ4n) is 3.60. The maximum Gasteiger partial charge on any atom is 0.0771 e. The van der Waals surface area contributed by atoms with Crippen LogP contribution in [-0.4, -0.2) is 30.8 Å². The fourth-order valence-corrected chi connectivity index (χ4v) is 3.60. The smallest absolute Gasteiger partial charge is 0.0771 e. The zero-order valence-corrected chi connectivity index (χ0v) is 12.5. The van der Waals surface area contributed by atoms with E-state index in [1.165, 1.54) is 42.5 Å². The SMILES string of the molecule is CN1CCCc2cc(CNCC3(O)CCCC3)ccc21. The highest BCUT2D eigenvalue weighted by molar-refractivity contribution is 5.56. The predicted octanol–water partition coefficient (Wildman–Crippen LogP) is 2.46. The predicted molar refractivity (Wildman–Crippen MR) is 83.2 cm³/mol. The minimum Gasteiger partial charge on any atom is -0.389 e. The molecule has 1 aliphatic carbocycles. The number of nitrogens with zero attached hydrogens (tertiary/aromatic N) is 1. The summed E-state index contributed by atoms with van der Waals surface area (Å²) < 4.78 is 0. The zero-order chi connectivity index (χ0) is 14.0. The number of fused-ring (bicyclic) bond motifs is 1. The normalized spacial score (nSPS) is 21.0. The van der Waals surface area contributed by atoms with Crippen molar-refractivity contribution in [2.75, 3.05) is 25.0 Å². The molecule has 0 aromatic heterocycles. The van der Waals surface area contributed by atoms with Crippen LogP contribution in [0.2, 0.25) is 0 Å². The van der Waals surface area contributed by atoms with E-state index in [4.69, 9.17) is 0 Å². The second kappa shape index (κ2) is 5.74. The van der Waals surface area contributed by atoms with Crippen molar-refractivity contribution in [2.24, 2.45) is 0 Å². The van der Waals surface area contributed by atoms with Crippen LogP contribution in [0.25, 0.3) is 0 Å². The summed E-state index contributed by atoms with van der Waals surface area (Å²) in [6.07, 6.45) is 6.69. The summed E-state index contributed by atoms with van der Waals surface area (Å²) in [6.45, 7) is 2.75. The Morgan fingerprint density at radius 1 is 1.25 bits per heavy atom. The van der Waals surface area contributed by atoms with Crippen LogP contribution < -0.4 is 10.2 Å². The zero-order valence-electron chi connectivity index (χ0n) is 12.5. The van der Waals surface area contributed by atoms with E-state index in [1.807, 2.05) is 0 Å². The van der Waals surface area contributed by atoms with Gasteiger partial charge in [-0.05, 0) is 42.9 Å². The molecule has 1 saturated carbocycles. The van der Waals surface area contributed by atoms with E-state index >= 15 is 0 Å². The largest absolute Gasteiger partial charge is 0.389 e. The summed E-state index contributed by atoms with van der Waals surface area (Å²) in [7, 11) is 2.17. The van der Waals surface area contributed by atoms with E-state index in [1.54, 1.807) is 0 Å². The van der Waals surface area contributed by atoms with Gasteiger partial charge in [-0.3, -0.25) is 0 Å². The molecule has 3 nitrogen and oxygen atoms in total. The van der Waals surface area contributed by atoms with Crippen molar-refractivity contribution in [2.45, 2.75) is 50.7 Å². The monoisotopic (exact) mass is 274 g/mol. The van der Waals surface area contributed by atoms with Crippen LogP contribution in [0, 0.1) is 0 Å². The van der Waals surface area contributed by atoms with Crippen LogP contribution in [-0.2, 0) is 13.0 Å². The number of hydrogen-bond acceptors (Lipinski definition) is 3. The molecule has 0 saturated heterocycles. The van der Waals surface area contributed by atoms with Crippen LogP contribution in [0.1, 0.15) is 43.2 Å². The quantitative estimate of drug-likeness (QED) is 0.885. The first-order valence-electron chi connectivity index (χ1n) is 7.92. The minimum atomic E-state index is -0.450. The highest BCUT2D eigenvalue weighted by Gasteiger charge is 2.30. The number of anilines is 1. The molecule has 1 fully saturated rings. The van der Waals surface area contributed by atoms with Gasteiger partial charge in [0.1, 0.15) is 0 Å². The van der Waals surface area contributed by atoms with Crippen molar-refractivity contribution >= 4 is 5.69 Å². The maximum absolute atomic E-state index is 10.3. The van der Waals surface area contributed by atoms with E-state index in [2.05, 4.69) is 35.5 Å². The van der Waals surface area contributed by atoms with E-state index in [0.29, 0.717) is 0 Å². The number of hydrogen-bond donors (Lipinski definition) is 2. The molecule has 110 valence electrons. The third kappa shape index (κ3) is 2.99. The molecule has 3 heteroatoms. The minimum absolute atomic E-state index is 0.450. The first-order valence-corrected chi connectivity index (χ1v) is 7.92. The van der Waals surface area contributed by atoms with E-state index in [-0.39, 0.29) is 0 Å². The first kappa shape index (κ1) is 13.9. The lowest BCUT2D eigenvalue weighted by molar-refractivity contribution is 0.0475. The number of nitrogens with one attached hydrogen (secondary N) is 1. The van der Waals surface area contributed by atoms with Gasteiger partial charge in [-0.2, -0.15) is 0 Å². The molecule has 0 amide bonds. The van der Waals surface area contributed by atoms with Gasteiger partial charge >= 0.3 is 0 Å². The molecule has 0 spiro atoms. The van der Waals surface area contributed by atoms with Crippen molar-refractivity contribution < 1.29 is 5.11 Å². The second-order valence-corrected chi connectivity index (χ2v) is 6.52. The average molecular weight is 274 g/mol. The van der Waals surface area contributed by atoms with Gasteiger partial charge in [0.25, 0.3) is 0 Å². The van der Waals surface area contributed by atoms with Gasteiger partial charge in [-0.1, -0.05) is 25.0 Å². The second-order valence-electron chi connectivity index (χ2n) is 6.52. The van der Waals surface area contributed by atoms with Crippen molar-refractivity contribution in [3.05, 3.63) is 29.3 Å². The van der Waals surface area contributed by atoms with Gasteiger partial charge < -0.3 is 15.3 Å². The van der Waals surface area contributed by atoms with E-state index in [0.717, 1.165) is 32.5 Å². The third-order valence-corrected chi connectivity index (χ3v) is 4.81. The molecule has 0 bridgehead atoms. The molecule has 2 N–H and O–H groups in total. The average Bonchev–Trinajstić information content (AvgIpc) is 2.86. The molecule has 0 radical (unpaired) electrons. The highest BCUT2D eigenvalue weighted by Crippen LogP contribution is 2.29. The van der Waals surface area contributed by atoms with Crippen LogP contribution in [0.4, 0.5) is 5.69 Å².